The van der Waals surface area contributed by atoms with Crippen molar-refractivity contribution in [1.29, 1.82) is 0 Å². The lowest BCUT2D eigenvalue weighted by Gasteiger charge is -2.34. The molecule has 4 heteroatoms. The van der Waals surface area contributed by atoms with Crippen LogP contribution >= 0.6 is 0 Å². The molecule has 1 aromatic carbocycles. The summed E-state index contributed by atoms with van der Waals surface area (Å²) in [6.07, 6.45) is 0. The Morgan fingerprint density at radius 3 is 1.95 bits per heavy atom. The maximum atomic E-state index is 6.25. The van der Waals surface area contributed by atoms with E-state index in [9.17, 15) is 0 Å². The van der Waals surface area contributed by atoms with E-state index in [0.717, 1.165) is 39.5 Å². The quantitative estimate of drug-likeness (QED) is 0.637. The van der Waals surface area contributed by atoms with Gasteiger partial charge in [-0.2, -0.15) is 0 Å². The fourth-order valence-electron chi connectivity index (χ4n) is 2.54. The first-order valence-corrected chi connectivity index (χ1v) is 7.90. The largest absolute Gasteiger partial charge is 0.380 e. The van der Waals surface area contributed by atoms with Crippen molar-refractivity contribution in [2.24, 2.45) is 5.73 Å². The highest BCUT2D eigenvalue weighted by Crippen LogP contribution is 2.23. The summed E-state index contributed by atoms with van der Waals surface area (Å²) in [4.78, 5) is 2.37. The normalized spacial score (nSPS) is 14.3. The first-order chi connectivity index (χ1) is 10.2. The lowest BCUT2D eigenvalue weighted by atomic mass is 9.99. The van der Waals surface area contributed by atoms with Crippen molar-refractivity contribution in [2.75, 3.05) is 39.5 Å². The van der Waals surface area contributed by atoms with Gasteiger partial charge in [0.05, 0.1) is 13.2 Å². The monoisotopic (exact) mass is 294 g/mol. The first-order valence-electron chi connectivity index (χ1n) is 7.90. The van der Waals surface area contributed by atoms with Gasteiger partial charge < -0.3 is 15.2 Å². The smallest absolute Gasteiger partial charge is 0.0593 e. The van der Waals surface area contributed by atoms with E-state index in [1.54, 1.807) is 0 Å². The molecule has 0 aliphatic heterocycles. The zero-order chi connectivity index (χ0) is 15.5. The number of hydrogen-bond acceptors (Lipinski definition) is 4. The van der Waals surface area contributed by atoms with Gasteiger partial charge in [-0.3, -0.25) is 4.90 Å². The van der Waals surface area contributed by atoms with E-state index in [4.69, 9.17) is 15.2 Å². The third kappa shape index (κ3) is 6.57. The Labute approximate surface area is 129 Å². The number of nitrogens with two attached hydrogens (primary N) is 1. The van der Waals surface area contributed by atoms with E-state index in [2.05, 4.69) is 36.1 Å². The minimum atomic E-state index is 0.0515. The fourth-order valence-corrected chi connectivity index (χ4v) is 2.54. The molecule has 0 aromatic heterocycles. The van der Waals surface area contributed by atoms with E-state index in [1.165, 1.54) is 5.56 Å². The second kappa shape index (κ2) is 10.7. The van der Waals surface area contributed by atoms with Gasteiger partial charge in [-0.25, -0.2) is 0 Å². The van der Waals surface area contributed by atoms with Crippen LogP contribution in [0.15, 0.2) is 30.3 Å². The molecule has 0 fully saturated rings. The predicted octanol–water partition coefficient (Wildman–Crippen LogP) is 2.45. The average Bonchev–Trinajstić information content (AvgIpc) is 2.48. The lowest BCUT2D eigenvalue weighted by molar-refractivity contribution is 0.0573. The number of ether oxygens (including phenoxy) is 2. The van der Waals surface area contributed by atoms with Gasteiger partial charge in [0.15, 0.2) is 0 Å². The molecule has 0 bridgehead atoms. The molecule has 0 aliphatic carbocycles. The van der Waals surface area contributed by atoms with Crippen LogP contribution in [0, 0.1) is 0 Å². The second-order valence-electron chi connectivity index (χ2n) is 5.14. The maximum absolute atomic E-state index is 6.25. The zero-order valence-corrected chi connectivity index (χ0v) is 13.6. The van der Waals surface area contributed by atoms with Crippen LogP contribution in [0.4, 0.5) is 0 Å². The average molecular weight is 294 g/mol. The lowest BCUT2D eigenvalue weighted by Crippen LogP contribution is -2.42. The molecule has 21 heavy (non-hydrogen) atoms. The molecule has 2 N–H and O–H groups in total. The van der Waals surface area contributed by atoms with Crippen LogP contribution in [-0.4, -0.2) is 50.5 Å². The molecule has 0 heterocycles. The third-order valence-electron chi connectivity index (χ3n) is 3.49. The van der Waals surface area contributed by atoms with Gasteiger partial charge in [0.25, 0.3) is 0 Å². The summed E-state index contributed by atoms with van der Waals surface area (Å²) in [5, 5.41) is 0. The molecular formula is C17H30N2O2. The standard InChI is InChI=1S/C17H30N2O2/c1-4-20-13-11-19(12-14-21-5-2)17(15(3)18)16-9-7-6-8-10-16/h6-10,15,17H,4-5,11-14,18H2,1-3H3. The van der Waals surface area contributed by atoms with Crippen molar-refractivity contribution in [3.8, 4) is 0 Å². The summed E-state index contributed by atoms with van der Waals surface area (Å²) < 4.78 is 11.0. The van der Waals surface area contributed by atoms with Gasteiger partial charge in [0, 0.05) is 38.4 Å². The molecule has 2 unspecified atom stereocenters. The summed E-state index contributed by atoms with van der Waals surface area (Å²) in [7, 11) is 0. The van der Waals surface area contributed by atoms with Gasteiger partial charge in [0.1, 0.15) is 0 Å². The highest BCUT2D eigenvalue weighted by Gasteiger charge is 2.23. The van der Waals surface area contributed by atoms with Crippen molar-refractivity contribution in [3.05, 3.63) is 35.9 Å². The van der Waals surface area contributed by atoms with Gasteiger partial charge in [-0.1, -0.05) is 30.3 Å². The van der Waals surface area contributed by atoms with Gasteiger partial charge in [0.2, 0.25) is 0 Å². The van der Waals surface area contributed by atoms with E-state index in [-0.39, 0.29) is 12.1 Å². The molecule has 2 atom stereocenters. The van der Waals surface area contributed by atoms with Crippen molar-refractivity contribution in [3.63, 3.8) is 0 Å². The Morgan fingerprint density at radius 1 is 1.00 bits per heavy atom. The number of nitrogens with zero attached hydrogens (tertiary/aromatic N) is 1. The molecule has 0 saturated carbocycles. The molecule has 0 amide bonds. The number of hydrogen-bond donors (Lipinski definition) is 1. The van der Waals surface area contributed by atoms with Crippen molar-refractivity contribution < 1.29 is 9.47 Å². The maximum Gasteiger partial charge on any atom is 0.0593 e. The molecule has 1 rings (SSSR count). The van der Waals surface area contributed by atoms with Crippen molar-refractivity contribution in [1.82, 2.24) is 4.90 Å². The zero-order valence-electron chi connectivity index (χ0n) is 13.6. The Morgan fingerprint density at radius 2 is 1.52 bits per heavy atom. The predicted molar refractivity (Wildman–Crippen MR) is 87.4 cm³/mol. The van der Waals surface area contributed by atoms with Crippen LogP contribution < -0.4 is 5.73 Å². The topological polar surface area (TPSA) is 47.7 Å². The first kappa shape index (κ1) is 18.1. The van der Waals surface area contributed by atoms with E-state index in [1.807, 2.05) is 19.9 Å². The van der Waals surface area contributed by atoms with E-state index >= 15 is 0 Å². The Kier molecular flexibility index (Phi) is 9.26. The summed E-state index contributed by atoms with van der Waals surface area (Å²) in [6.45, 7) is 10.8. The molecule has 1 aromatic rings. The third-order valence-corrected chi connectivity index (χ3v) is 3.49. The van der Waals surface area contributed by atoms with Gasteiger partial charge in [-0.15, -0.1) is 0 Å². The van der Waals surface area contributed by atoms with Crippen LogP contribution in [0.25, 0.3) is 0 Å². The van der Waals surface area contributed by atoms with Crippen LogP contribution in [0.5, 0.6) is 0 Å². The minimum Gasteiger partial charge on any atom is -0.380 e. The molecule has 0 spiro atoms. The Bertz CT molecular complexity index is 347. The summed E-state index contributed by atoms with van der Waals surface area (Å²) >= 11 is 0. The van der Waals surface area contributed by atoms with Crippen LogP contribution in [-0.2, 0) is 9.47 Å². The number of benzene rings is 1. The SMILES string of the molecule is CCOCCN(CCOCC)C(c1ccccc1)C(C)N. The van der Waals surface area contributed by atoms with Crippen molar-refractivity contribution >= 4 is 0 Å². The second-order valence-corrected chi connectivity index (χ2v) is 5.14. The van der Waals surface area contributed by atoms with Crippen LogP contribution in [0.1, 0.15) is 32.4 Å². The summed E-state index contributed by atoms with van der Waals surface area (Å²) in [6, 6.07) is 10.7. The minimum absolute atomic E-state index is 0.0515. The van der Waals surface area contributed by atoms with E-state index in [0.29, 0.717) is 0 Å². The molecule has 4 nitrogen and oxygen atoms in total. The molecule has 0 saturated heterocycles. The molecular weight excluding hydrogens is 264 g/mol. The fraction of sp³-hybridized carbons (Fsp3) is 0.647. The van der Waals surface area contributed by atoms with Gasteiger partial charge in [-0.05, 0) is 26.3 Å². The van der Waals surface area contributed by atoms with Crippen LogP contribution in [0.2, 0.25) is 0 Å². The van der Waals surface area contributed by atoms with Crippen LogP contribution in [0.3, 0.4) is 0 Å². The highest BCUT2D eigenvalue weighted by atomic mass is 16.5. The highest BCUT2D eigenvalue weighted by molar-refractivity contribution is 5.20. The summed E-state index contributed by atoms with van der Waals surface area (Å²) in [5.74, 6) is 0. The number of rotatable bonds is 11. The van der Waals surface area contributed by atoms with Crippen molar-refractivity contribution in [2.45, 2.75) is 32.9 Å². The summed E-state index contributed by atoms with van der Waals surface area (Å²) in [5.41, 5.74) is 7.51. The van der Waals surface area contributed by atoms with E-state index < -0.39 is 0 Å². The Balaban J connectivity index is 2.78. The molecule has 120 valence electrons. The molecule has 0 aliphatic rings. The Hall–Kier alpha value is -0.940. The molecule has 0 radical (unpaired) electrons. The van der Waals surface area contributed by atoms with Gasteiger partial charge >= 0.3 is 0 Å².